The van der Waals surface area contributed by atoms with Crippen LogP contribution in [0.2, 0.25) is 0 Å². The van der Waals surface area contributed by atoms with Crippen molar-refractivity contribution in [3.05, 3.63) is 54.6 Å². The van der Waals surface area contributed by atoms with E-state index in [0.29, 0.717) is 22.7 Å². The molecule has 0 aromatic heterocycles. The lowest BCUT2D eigenvalue weighted by Crippen LogP contribution is -2.46. The quantitative estimate of drug-likeness (QED) is 0.142. The van der Waals surface area contributed by atoms with Crippen LogP contribution in [0, 0.1) is 0 Å². The number of rotatable bonds is 14. The van der Waals surface area contributed by atoms with Gasteiger partial charge in [0.2, 0.25) is 4.71 Å². The Morgan fingerprint density at radius 2 is 1.41 bits per heavy atom. The van der Waals surface area contributed by atoms with Gasteiger partial charge in [-0.25, -0.2) is 5.43 Å². The van der Waals surface area contributed by atoms with Crippen LogP contribution >= 0.6 is 11.8 Å². The molecule has 200 valence electrons. The summed E-state index contributed by atoms with van der Waals surface area (Å²) in [6.45, 7) is 2.82. The molecular weight excluding hydrogens is 504 g/mol. The lowest BCUT2D eigenvalue weighted by molar-refractivity contribution is 0.464. The topological polar surface area (TPSA) is 89.9 Å². The van der Waals surface area contributed by atoms with Crippen molar-refractivity contribution < 1.29 is 18.1 Å². The van der Waals surface area contributed by atoms with Crippen LogP contribution < -0.4 is 10.4 Å². The van der Waals surface area contributed by atoms with Crippen molar-refractivity contribution in [3.63, 3.8) is 0 Å². The van der Waals surface area contributed by atoms with Gasteiger partial charge in [-0.05, 0) is 17.4 Å². The zero-order valence-electron chi connectivity index (χ0n) is 21.5. The first-order valence-corrected chi connectivity index (χ1v) is 15.8. The van der Waals surface area contributed by atoms with Crippen molar-refractivity contribution in [2.75, 3.05) is 11.6 Å². The van der Waals surface area contributed by atoms with Crippen LogP contribution in [0.15, 0.2) is 59.5 Å². The predicted molar refractivity (Wildman–Crippen MR) is 155 cm³/mol. The second-order valence-electron chi connectivity index (χ2n) is 9.71. The lowest BCUT2D eigenvalue weighted by atomic mass is 9.96. The van der Waals surface area contributed by atoms with Gasteiger partial charge in [0.25, 0.3) is 10.1 Å². The summed E-state index contributed by atoms with van der Waals surface area (Å²) in [6, 6.07) is 17.3. The van der Waals surface area contributed by atoms with E-state index in [2.05, 4.69) is 12.3 Å². The Bertz CT molecular complexity index is 1280. The van der Waals surface area contributed by atoms with E-state index in [1.54, 1.807) is 0 Å². The monoisotopic (exact) mass is 542 g/mol. The van der Waals surface area contributed by atoms with Gasteiger partial charge >= 0.3 is 0 Å². The molecule has 1 aliphatic rings. The third-order valence-corrected chi connectivity index (χ3v) is 9.69. The average molecular weight is 543 g/mol. The molecule has 4 rings (SSSR count). The summed E-state index contributed by atoms with van der Waals surface area (Å²) in [5, 5.41) is 14.5. The molecule has 1 heterocycles. The lowest BCUT2D eigenvalue weighted by Gasteiger charge is -2.26. The van der Waals surface area contributed by atoms with Crippen LogP contribution in [0.5, 0.6) is 5.75 Å². The number of thioether (sulfide) groups is 1. The minimum absolute atomic E-state index is 0.0294. The number of nitrogens with zero attached hydrogens (tertiary/aromatic N) is 1. The number of unbranched alkanes of at least 4 members (excludes halogenated alkanes) is 9. The van der Waals surface area contributed by atoms with Crippen LogP contribution in [-0.4, -0.2) is 29.3 Å². The Hall–Kier alpha value is -2.26. The summed E-state index contributed by atoms with van der Waals surface area (Å²) >= 11 is 0.960. The van der Waals surface area contributed by atoms with Gasteiger partial charge in [-0.2, -0.15) is 8.42 Å². The molecule has 0 saturated heterocycles. The predicted octanol–water partition coefficient (Wildman–Crippen LogP) is 7.72. The summed E-state index contributed by atoms with van der Waals surface area (Å²) in [5.41, 5.74) is 5.36. The van der Waals surface area contributed by atoms with Crippen LogP contribution in [0.25, 0.3) is 21.9 Å². The number of hydrazine groups is 1. The van der Waals surface area contributed by atoms with Gasteiger partial charge in [0.1, 0.15) is 5.75 Å². The van der Waals surface area contributed by atoms with E-state index < -0.39 is 14.8 Å². The third kappa shape index (κ3) is 6.60. The number of fused-ring (bicyclic) bond motifs is 3. The highest BCUT2D eigenvalue weighted by Gasteiger charge is 2.42. The number of phenols is 1. The van der Waals surface area contributed by atoms with Crippen molar-refractivity contribution >= 4 is 38.3 Å². The Morgan fingerprint density at radius 3 is 2.03 bits per heavy atom. The second kappa shape index (κ2) is 13.0. The van der Waals surface area contributed by atoms with Crippen molar-refractivity contribution in [3.8, 4) is 16.9 Å². The van der Waals surface area contributed by atoms with Crippen molar-refractivity contribution in [2.24, 2.45) is 0 Å². The summed E-state index contributed by atoms with van der Waals surface area (Å²) < 4.78 is 33.6. The summed E-state index contributed by atoms with van der Waals surface area (Å²) in [5.74, 6) is 0.0294. The zero-order valence-corrected chi connectivity index (χ0v) is 23.2. The number of nitrogens with one attached hydrogen (secondary N) is 1. The fraction of sp³-hybridized carbons (Fsp3) is 0.448. The van der Waals surface area contributed by atoms with E-state index in [-0.39, 0.29) is 5.75 Å². The molecule has 0 aliphatic carbocycles. The minimum Gasteiger partial charge on any atom is -0.506 e. The summed E-state index contributed by atoms with van der Waals surface area (Å²) in [4.78, 5) is 0.454. The van der Waals surface area contributed by atoms with Crippen molar-refractivity contribution in [1.82, 2.24) is 5.43 Å². The normalized spacial score (nSPS) is 15.4. The van der Waals surface area contributed by atoms with Crippen LogP contribution in [0.4, 0.5) is 5.69 Å². The van der Waals surface area contributed by atoms with Gasteiger partial charge in [-0.15, -0.1) is 0 Å². The number of hydrogen-bond acceptors (Lipinski definition) is 6. The molecule has 3 N–H and O–H groups in total. The van der Waals surface area contributed by atoms with Crippen molar-refractivity contribution in [1.29, 1.82) is 0 Å². The second-order valence-corrected chi connectivity index (χ2v) is 12.6. The maximum atomic E-state index is 12.4. The largest absolute Gasteiger partial charge is 0.506 e. The maximum absolute atomic E-state index is 12.4. The zero-order chi connectivity index (χ0) is 26.3. The first-order chi connectivity index (χ1) is 17.9. The average Bonchev–Trinajstić information content (AvgIpc) is 3.29. The molecule has 0 amide bonds. The Balaban J connectivity index is 1.50. The first kappa shape index (κ1) is 27.8. The summed E-state index contributed by atoms with van der Waals surface area (Å²) in [7, 11) is -4.43. The Kier molecular flexibility index (Phi) is 9.76. The smallest absolute Gasteiger partial charge is 0.298 e. The van der Waals surface area contributed by atoms with Crippen LogP contribution in [0.3, 0.4) is 0 Å². The van der Waals surface area contributed by atoms with Gasteiger partial charge in [0, 0.05) is 17.5 Å². The number of hydrogen-bond donors (Lipinski definition) is 3. The maximum Gasteiger partial charge on any atom is 0.298 e. The molecule has 1 aliphatic heterocycles. The Labute approximate surface area is 225 Å². The summed E-state index contributed by atoms with van der Waals surface area (Å²) in [6.07, 6.45) is 12.2. The van der Waals surface area contributed by atoms with Gasteiger partial charge < -0.3 is 5.11 Å². The molecule has 37 heavy (non-hydrogen) atoms. The molecule has 3 aromatic rings. The molecule has 0 bridgehead atoms. The van der Waals surface area contributed by atoms with E-state index in [1.165, 1.54) is 50.0 Å². The molecule has 6 nitrogen and oxygen atoms in total. The number of aromatic hydroxyl groups is 1. The van der Waals surface area contributed by atoms with Gasteiger partial charge in [0.05, 0.1) is 10.6 Å². The van der Waals surface area contributed by atoms with E-state index >= 15 is 0 Å². The highest BCUT2D eigenvalue weighted by Crippen LogP contribution is 2.56. The number of benzene rings is 3. The van der Waals surface area contributed by atoms with E-state index in [9.17, 15) is 18.1 Å². The molecule has 0 spiro atoms. The van der Waals surface area contributed by atoms with Crippen LogP contribution in [-0.2, 0) is 10.1 Å². The van der Waals surface area contributed by atoms with Gasteiger partial charge in [-0.1, -0.05) is 131 Å². The third-order valence-electron chi connectivity index (χ3n) is 6.92. The van der Waals surface area contributed by atoms with Gasteiger partial charge in [-0.3, -0.25) is 9.56 Å². The fourth-order valence-electron chi connectivity index (χ4n) is 5.05. The first-order valence-electron chi connectivity index (χ1n) is 13.4. The molecule has 1 atom stereocenters. The molecule has 0 radical (unpaired) electrons. The van der Waals surface area contributed by atoms with E-state index in [4.69, 9.17) is 0 Å². The van der Waals surface area contributed by atoms with Gasteiger partial charge in [0.15, 0.2) is 0 Å². The molecule has 0 saturated carbocycles. The standard InChI is InChI=1S/C29H38N2O4S2/c1-2-3-4-5-6-7-8-9-10-16-21-30-31-26-24-20-15-14-19-23(24)25(22-17-12-11-13-18-22)27(32)28(26)36-29(31)37(33,34)35/h11-15,17-20,29-30,32H,2-10,16,21H2,1H3,(H,33,34,35). The highest BCUT2D eigenvalue weighted by molar-refractivity contribution is 8.12. The fourth-order valence-corrected chi connectivity index (χ4v) is 7.29. The number of phenolic OH excluding ortho intramolecular Hbond substituents is 1. The minimum atomic E-state index is -4.43. The molecule has 8 heteroatoms. The highest BCUT2D eigenvalue weighted by atomic mass is 32.3. The Morgan fingerprint density at radius 1 is 0.838 bits per heavy atom. The molecule has 0 fully saturated rings. The van der Waals surface area contributed by atoms with Crippen molar-refractivity contribution in [2.45, 2.75) is 80.7 Å². The molecule has 3 aromatic carbocycles. The molecule has 1 unspecified atom stereocenters. The van der Waals surface area contributed by atoms with E-state index in [0.717, 1.165) is 47.4 Å². The molecular formula is C29H38N2O4S2. The van der Waals surface area contributed by atoms with E-state index in [1.807, 2.05) is 54.6 Å². The SMILES string of the molecule is CCCCCCCCCCCCNN1c2c(c(O)c(-c3ccccc3)c3ccccc23)SC1S(=O)(=O)O. The number of anilines is 1. The van der Waals surface area contributed by atoms with Crippen LogP contribution in [0.1, 0.15) is 71.1 Å².